The molecule has 27 heavy (non-hydrogen) atoms. The van der Waals surface area contributed by atoms with Crippen molar-refractivity contribution in [3.63, 3.8) is 0 Å². The SMILES string of the molecule is CN1CCN2c3ccccc3C[C@]3(C(=O)NC(=O)N(C(C)(C)C)C3=O)[C@H]2C1. The van der Waals surface area contributed by atoms with E-state index in [-0.39, 0.29) is 11.9 Å². The van der Waals surface area contributed by atoms with Crippen LogP contribution in [0.3, 0.4) is 0 Å². The summed E-state index contributed by atoms with van der Waals surface area (Å²) in [6, 6.07) is 7.01. The van der Waals surface area contributed by atoms with Gasteiger partial charge in [0.1, 0.15) is 0 Å². The minimum Gasteiger partial charge on any atom is -0.364 e. The van der Waals surface area contributed by atoms with Crippen LogP contribution in [0.25, 0.3) is 0 Å². The van der Waals surface area contributed by atoms with Gasteiger partial charge in [-0.2, -0.15) is 0 Å². The largest absolute Gasteiger partial charge is 0.364 e. The molecule has 7 heteroatoms. The lowest BCUT2D eigenvalue weighted by Gasteiger charge is -2.56. The minimum absolute atomic E-state index is 0.308. The van der Waals surface area contributed by atoms with Crippen molar-refractivity contribution >= 4 is 23.5 Å². The van der Waals surface area contributed by atoms with Gasteiger partial charge >= 0.3 is 6.03 Å². The molecule has 0 bridgehead atoms. The molecule has 1 aromatic rings. The number of imide groups is 2. The Hall–Kier alpha value is -2.41. The predicted molar refractivity (Wildman–Crippen MR) is 101 cm³/mol. The molecule has 2 fully saturated rings. The Balaban J connectivity index is 1.90. The molecule has 0 radical (unpaired) electrons. The highest BCUT2D eigenvalue weighted by molar-refractivity contribution is 6.20. The number of likely N-dealkylation sites (N-methyl/N-ethyl adjacent to an activating group) is 1. The number of benzene rings is 1. The summed E-state index contributed by atoms with van der Waals surface area (Å²) in [5, 5.41) is 2.49. The number of amides is 4. The van der Waals surface area contributed by atoms with Gasteiger partial charge in [0.2, 0.25) is 11.8 Å². The molecular formula is C20H26N4O3. The van der Waals surface area contributed by atoms with Gasteiger partial charge in [-0.15, -0.1) is 0 Å². The molecular weight excluding hydrogens is 344 g/mol. The van der Waals surface area contributed by atoms with Crippen molar-refractivity contribution in [3.05, 3.63) is 29.8 Å². The molecule has 3 aliphatic heterocycles. The lowest BCUT2D eigenvalue weighted by atomic mass is 9.67. The smallest absolute Gasteiger partial charge is 0.331 e. The number of carbonyl (C=O) groups is 3. The van der Waals surface area contributed by atoms with E-state index in [1.165, 1.54) is 4.90 Å². The topological polar surface area (TPSA) is 73.0 Å². The third kappa shape index (κ3) is 2.48. The highest BCUT2D eigenvalue weighted by atomic mass is 16.2. The number of hydrogen-bond acceptors (Lipinski definition) is 5. The number of anilines is 1. The van der Waals surface area contributed by atoms with Gasteiger partial charge in [-0.3, -0.25) is 19.8 Å². The second-order valence-corrected chi connectivity index (χ2v) is 8.82. The number of barbiturate groups is 1. The maximum absolute atomic E-state index is 13.7. The fraction of sp³-hybridized carbons (Fsp3) is 0.550. The zero-order valence-electron chi connectivity index (χ0n) is 16.3. The summed E-state index contributed by atoms with van der Waals surface area (Å²) >= 11 is 0. The van der Waals surface area contributed by atoms with E-state index in [1.807, 2.05) is 46.0 Å². The van der Waals surface area contributed by atoms with E-state index in [4.69, 9.17) is 0 Å². The number of urea groups is 1. The monoisotopic (exact) mass is 370 g/mol. The zero-order valence-corrected chi connectivity index (χ0v) is 16.3. The lowest BCUT2D eigenvalue weighted by molar-refractivity contribution is -0.157. The van der Waals surface area contributed by atoms with Crippen molar-refractivity contribution in [2.45, 2.75) is 38.8 Å². The van der Waals surface area contributed by atoms with Crippen LogP contribution in [0.5, 0.6) is 0 Å². The van der Waals surface area contributed by atoms with E-state index in [2.05, 4.69) is 21.2 Å². The Labute approximate surface area is 159 Å². The summed E-state index contributed by atoms with van der Waals surface area (Å²) in [6.45, 7) is 7.64. The Kier molecular flexibility index (Phi) is 3.86. The molecule has 3 aliphatic rings. The van der Waals surface area contributed by atoms with Gasteiger partial charge in [0.25, 0.3) is 0 Å². The maximum Gasteiger partial charge on any atom is 0.331 e. The van der Waals surface area contributed by atoms with Crippen molar-refractivity contribution in [2.24, 2.45) is 5.41 Å². The van der Waals surface area contributed by atoms with Crippen molar-refractivity contribution in [1.29, 1.82) is 0 Å². The molecule has 0 aromatic heterocycles. The van der Waals surface area contributed by atoms with E-state index in [0.29, 0.717) is 13.0 Å². The highest BCUT2D eigenvalue weighted by Crippen LogP contribution is 2.46. The predicted octanol–water partition coefficient (Wildman–Crippen LogP) is 1.23. The highest BCUT2D eigenvalue weighted by Gasteiger charge is 2.63. The van der Waals surface area contributed by atoms with Gasteiger partial charge < -0.3 is 9.80 Å². The van der Waals surface area contributed by atoms with Crippen LogP contribution in [0.4, 0.5) is 10.5 Å². The van der Waals surface area contributed by atoms with E-state index in [9.17, 15) is 14.4 Å². The number of nitrogens with one attached hydrogen (secondary N) is 1. The number of nitrogens with zero attached hydrogens (tertiary/aromatic N) is 3. The molecule has 144 valence electrons. The first-order chi connectivity index (χ1) is 12.7. The average Bonchev–Trinajstić information content (AvgIpc) is 2.58. The summed E-state index contributed by atoms with van der Waals surface area (Å²) < 4.78 is 0. The van der Waals surface area contributed by atoms with E-state index in [1.54, 1.807) is 0 Å². The summed E-state index contributed by atoms with van der Waals surface area (Å²) in [5.41, 5.74) is 0.0487. The molecule has 4 rings (SSSR count). The molecule has 3 heterocycles. The second kappa shape index (κ2) is 5.79. The molecule has 2 atom stereocenters. The summed E-state index contributed by atoms with van der Waals surface area (Å²) in [5.74, 6) is -0.860. The number of hydrogen-bond donors (Lipinski definition) is 1. The van der Waals surface area contributed by atoms with Crippen molar-refractivity contribution in [3.8, 4) is 0 Å². The van der Waals surface area contributed by atoms with Crippen LogP contribution < -0.4 is 10.2 Å². The van der Waals surface area contributed by atoms with Gasteiger partial charge in [-0.1, -0.05) is 18.2 Å². The number of carbonyl (C=O) groups excluding carboxylic acids is 3. The summed E-state index contributed by atoms with van der Waals surface area (Å²) in [4.78, 5) is 45.0. The minimum atomic E-state index is -1.30. The Bertz CT molecular complexity index is 831. The molecule has 1 N–H and O–H groups in total. The molecule has 0 aliphatic carbocycles. The number of fused-ring (bicyclic) bond motifs is 4. The first-order valence-electron chi connectivity index (χ1n) is 9.39. The Morgan fingerprint density at radius 2 is 1.81 bits per heavy atom. The first-order valence-corrected chi connectivity index (χ1v) is 9.39. The summed E-state index contributed by atoms with van der Waals surface area (Å²) in [7, 11) is 2.00. The fourth-order valence-corrected chi connectivity index (χ4v) is 4.70. The zero-order chi connectivity index (χ0) is 19.6. The normalized spacial score (nSPS) is 28.9. The van der Waals surface area contributed by atoms with E-state index in [0.717, 1.165) is 24.3 Å². The molecule has 7 nitrogen and oxygen atoms in total. The van der Waals surface area contributed by atoms with E-state index >= 15 is 0 Å². The van der Waals surface area contributed by atoms with Crippen LogP contribution in [0.2, 0.25) is 0 Å². The molecule has 0 unspecified atom stereocenters. The third-order valence-electron chi connectivity index (χ3n) is 6.01. The van der Waals surface area contributed by atoms with Gasteiger partial charge in [-0.25, -0.2) is 4.79 Å². The number of para-hydroxylation sites is 1. The van der Waals surface area contributed by atoms with Crippen molar-refractivity contribution in [1.82, 2.24) is 15.1 Å². The van der Waals surface area contributed by atoms with Crippen LogP contribution in [0.1, 0.15) is 26.3 Å². The third-order valence-corrected chi connectivity index (χ3v) is 6.01. The molecule has 0 saturated carbocycles. The van der Waals surface area contributed by atoms with Gasteiger partial charge in [0, 0.05) is 30.9 Å². The quantitative estimate of drug-likeness (QED) is 0.696. The van der Waals surface area contributed by atoms with Crippen LogP contribution in [-0.4, -0.2) is 65.9 Å². The molecule has 4 amide bonds. The lowest BCUT2D eigenvalue weighted by Crippen LogP contribution is -2.76. The van der Waals surface area contributed by atoms with Gasteiger partial charge in [0.05, 0.1) is 6.04 Å². The van der Waals surface area contributed by atoms with Crippen LogP contribution >= 0.6 is 0 Å². The Morgan fingerprint density at radius 1 is 1.11 bits per heavy atom. The summed E-state index contributed by atoms with van der Waals surface area (Å²) in [6.07, 6.45) is 0.308. The first kappa shape index (κ1) is 18.0. The Morgan fingerprint density at radius 3 is 2.52 bits per heavy atom. The van der Waals surface area contributed by atoms with Crippen LogP contribution in [0, 0.1) is 5.41 Å². The molecule has 1 spiro atoms. The number of rotatable bonds is 0. The standard InChI is InChI=1S/C20H26N4O3/c1-19(2,3)24-17(26)20(16(25)21-18(24)27)11-13-7-5-6-8-14(13)23-10-9-22(4)12-15(20)23/h5-8,15H,9-12H2,1-4H3,(H,21,25,27)/t15-,20-/m1/s1. The van der Waals surface area contributed by atoms with Crippen LogP contribution in [-0.2, 0) is 16.0 Å². The van der Waals surface area contributed by atoms with Gasteiger partial charge in [0.15, 0.2) is 5.41 Å². The van der Waals surface area contributed by atoms with E-state index < -0.39 is 22.9 Å². The second-order valence-electron chi connectivity index (χ2n) is 8.82. The number of piperazine rings is 1. The fourth-order valence-electron chi connectivity index (χ4n) is 4.70. The molecule has 2 saturated heterocycles. The maximum atomic E-state index is 13.7. The van der Waals surface area contributed by atoms with Crippen molar-refractivity contribution in [2.75, 3.05) is 31.6 Å². The van der Waals surface area contributed by atoms with Gasteiger partial charge in [-0.05, 0) is 45.9 Å². The average molecular weight is 370 g/mol. The van der Waals surface area contributed by atoms with Crippen LogP contribution in [0.15, 0.2) is 24.3 Å². The molecule has 1 aromatic carbocycles. The van der Waals surface area contributed by atoms with Crippen molar-refractivity contribution < 1.29 is 14.4 Å².